The zero-order chi connectivity index (χ0) is 21.0. The molecule has 0 aliphatic carbocycles. The van der Waals surface area contributed by atoms with Crippen LogP contribution in [-0.4, -0.2) is 55.0 Å². The van der Waals surface area contributed by atoms with Gasteiger partial charge < -0.3 is 10.1 Å². The minimum atomic E-state index is -1.59. The smallest absolute Gasteiger partial charge is 0.241 e. The molecule has 2 aromatic rings. The molecule has 156 valence electrons. The number of hydrogen-bond acceptors (Lipinski definition) is 4. The summed E-state index contributed by atoms with van der Waals surface area (Å²) < 4.78 is 45.3. The zero-order valence-electron chi connectivity index (χ0n) is 16.4. The summed E-state index contributed by atoms with van der Waals surface area (Å²) in [4.78, 5) is 16.7. The van der Waals surface area contributed by atoms with Crippen molar-refractivity contribution in [2.45, 2.75) is 19.5 Å². The lowest BCUT2D eigenvalue weighted by atomic mass is 10.1. The topological polar surface area (TPSA) is 44.8 Å². The summed E-state index contributed by atoms with van der Waals surface area (Å²) in [5.74, 6) is -3.92. The van der Waals surface area contributed by atoms with Crippen LogP contribution in [0.15, 0.2) is 36.4 Å². The number of anilines is 1. The molecule has 0 bridgehead atoms. The number of nitrogens with one attached hydrogen (secondary N) is 1. The minimum Gasteiger partial charge on any atom is -0.497 e. The van der Waals surface area contributed by atoms with Crippen molar-refractivity contribution in [3.63, 3.8) is 0 Å². The Hall–Kier alpha value is -2.58. The van der Waals surface area contributed by atoms with E-state index in [4.69, 9.17) is 4.74 Å². The first-order valence-electron chi connectivity index (χ1n) is 9.42. The number of nitrogens with zero attached hydrogens (tertiary/aromatic N) is 2. The maximum atomic E-state index is 13.8. The second kappa shape index (κ2) is 9.28. The normalized spacial score (nSPS) is 16.4. The Morgan fingerprint density at radius 1 is 1.03 bits per heavy atom. The van der Waals surface area contributed by atoms with E-state index in [2.05, 4.69) is 10.2 Å². The van der Waals surface area contributed by atoms with Crippen LogP contribution in [0.25, 0.3) is 0 Å². The highest BCUT2D eigenvalue weighted by atomic mass is 19.2. The first-order chi connectivity index (χ1) is 13.9. The summed E-state index contributed by atoms with van der Waals surface area (Å²) >= 11 is 0. The molecule has 0 radical (unpaired) electrons. The number of methoxy groups -OCH3 is 1. The summed E-state index contributed by atoms with van der Waals surface area (Å²) in [6.07, 6.45) is 0. The summed E-state index contributed by atoms with van der Waals surface area (Å²) in [6, 6.07) is 9.19. The van der Waals surface area contributed by atoms with E-state index >= 15 is 0 Å². The van der Waals surface area contributed by atoms with E-state index in [9.17, 15) is 18.0 Å². The van der Waals surface area contributed by atoms with Crippen LogP contribution in [0.4, 0.5) is 18.9 Å². The summed E-state index contributed by atoms with van der Waals surface area (Å²) in [5, 5.41) is 2.35. The van der Waals surface area contributed by atoms with Gasteiger partial charge in [-0.2, -0.15) is 0 Å². The van der Waals surface area contributed by atoms with E-state index in [-0.39, 0.29) is 5.69 Å². The number of rotatable bonds is 6. The first kappa shape index (κ1) is 21.1. The van der Waals surface area contributed by atoms with E-state index in [0.29, 0.717) is 13.1 Å². The standard InChI is InChI=1S/C21H24F3N3O2/c1-14(21(28)25-18-8-7-17(22)19(23)20(18)24)27-11-9-26(10-12-27)13-15-3-5-16(29-2)6-4-15/h3-8,14H,9-13H2,1-2H3,(H,25,28)/t14-/m0/s1. The van der Waals surface area contributed by atoms with E-state index in [1.807, 2.05) is 29.2 Å². The number of piperazine rings is 1. The Bertz CT molecular complexity index is 853. The second-order valence-corrected chi connectivity index (χ2v) is 7.05. The molecule has 0 saturated carbocycles. The van der Waals surface area contributed by atoms with Gasteiger partial charge in [-0.05, 0) is 36.8 Å². The second-order valence-electron chi connectivity index (χ2n) is 7.05. The van der Waals surface area contributed by atoms with Gasteiger partial charge in [-0.3, -0.25) is 14.6 Å². The van der Waals surface area contributed by atoms with E-state index in [1.165, 1.54) is 5.56 Å². The van der Waals surface area contributed by atoms with Gasteiger partial charge >= 0.3 is 0 Å². The first-order valence-corrected chi connectivity index (χ1v) is 9.42. The number of ether oxygens (including phenoxy) is 1. The van der Waals surface area contributed by atoms with E-state index in [0.717, 1.165) is 37.5 Å². The van der Waals surface area contributed by atoms with Gasteiger partial charge in [-0.1, -0.05) is 12.1 Å². The Balaban J connectivity index is 1.52. The number of halogens is 3. The van der Waals surface area contributed by atoms with Crippen molar-refractivity contribution in [3.05, 3.63) is 59.4 Å². The van der Waals surface area contributed by atoms with Crippen LogP contribution in [0, 0.1) is 17.5 Å². The quantitative estimate of drug-likeness (QED) is 0.747. The number of carbonyl (C=O) groups excluding carboxylic acids is 1. The lowest BCUT2D eigenvalue weighted by Crippen LogP contribution is -2.52. The van der Waals surface area contributed by atoms with Crippen LogP contribution >= 0.6 is 0 Å². The monoisotopic (exact) mass is 407 g/mol. The van der Waals surface area contributed by atoms with Crippen molar-refractivity contribution < 1.29 is 22.7 Å². The van der Waals surface area contributed by atoms with Gasteiger partial charge in [0.15, 0.2) is 17.5 Å². The summed E-state index contributed by atoms with van der Waals surface area (Å²) in [6.45, 7) is 5.42. The highest BCUT2D eigenvalue weighted by Gasteiger charge is 2.26. The molecule has 0 aromatic heterocycles. The third kappa shape index (κ3) is 5.07. The Labute approximate surface area is 168 Å². The number of benzene rings is 2. The van der Waals surface area contributed by atoms with Crippen molar-refractivity contribution in [2.24, 2.45) is 0 Å². The number of hydrogen-bond donors (Lipinski definition) is 1. The predicted molar refractivity (Wildman–Crippen MR) is 104 cm³/mol. The largest absolute Gasteiger partial charge is 0.497 e. The average molecular weight is 407 g/mol. The lowest BCUT2D eigenvalue weighted by molar-refractivity contribution is -0.121. The third-order valence-corrected chi connectivity index (χ3v) is 5.19. The molecule has 8 heteroatoms. The van der Waals surface area contributed by atoms with Crippen molar-refractivity contribution in [2.75, 3.05) is 38.6 Å². The molecule has 1 aliphatic rings. The Morgan fingerprint density at radius 3 is 2.31 bits per heavy atom. The van der Waals surface area contributed by atoms with Gasteiger partial charge in [0.05, 0.1) is 18.8 Å². The molecule has 1 fully saturated rings. The van der Waals surface area contributed by atoms with Crippen LogP contribution in [0.3, 0.4) is 0 Å². The van der Waals surface area contributed by atoms with Gasteiger partial charge in [0, 0.05) is 32.7 Å². The molecule has 5 nitrogen and oxygen atoms in total. The van der Waals surface area contributed by atoms with Crippen LogP contribution in [-0.2, 0) is 11.3 Å². The van der Waals surface area contributed by atoms with E-state index < -0.39 is 29.4 Å². The van der Waals surface area contributed by atoms with Crippen molar-refractivity contribution in [3.8, 4) is 5.75 Å². The van der Waals surface area contributed by atoms with Crippen molar-refractivity contribution in [1.82, 2.24) is 9.80 Å². The molecule has 1 atom stereocenters. The molecular weight excluding hydrogens is 383 g/mol. The maximum Gasteiger partial charge on any atom is 0.241 e. The van der Waals surface area contributed by atoms with Gasteiger partial charge in [-0.25, -0.2) is 13.2 Å². The number of carbonyl (C=O) groups is 1. The molecule has 1 N–H and O–H groups in total. The third-order valence-electron chi connectivity index (χ3n) is 5.19. The molecule has 3 rings (SSSR count). The molecule has 0 spiro atoms. The zero-order valence-corrected chi connectivity index (χ0v) is 16.4. The van der Waals surface area contributed by atoms with Gasteiger partial charge in [-0.15, -0.1) is 0 Å². The van der Waals surface area contributed by atoms with Gasteiger partial charge in [0.1, 0.15) is 5.75 Å². The van der Waals surface area contributed by atoms with Crippen LogP contribution in [0.5, 0.6) is 5.75 Å². The molecule has 2 aromatic carbocycles. The highest BCUT2D eigenvalue weighted by Crippen LogP contribution is 2.20. The van der Waals surface area contributed by atoms with Gasteiger partial charge in [0.25, 0.3) is 0 Å². The fourth-order valence-corrected chi connectivity index (χ4v) is 3.32. The fraction of sp³-hybridized carbons (Fsp3) is 0.381. The molecule has 1 heterocycles. The molecule has 29 heavy (non-hydrogen) atoms. The van der Waals surface area contributed by atoms with Crippen LogP contribution in [0.2, 0.25) is 0 Å². The maximum absolute atomic E-state index is 13.8. The minimum absolute atomic E-state index is 0.362. The molecule has 1 amide bonds. The van der Waals surface area contributed by atoms with Gasteiger partial charge in [0.2, 0.25) is 5.91 Å². The molecule has 1 aliphatic heterocycles. The average Bonchev–Trinajstić information content (AvgIpc) is 2.74. The number of amides is 1. The van der Waals surface area contributed by atoms with Crippen molar-refractivity contribution in [1.29, 1.82) is 0 Å². The summed E-state index contributed by atoms with van der Waals surface area (Å²) in [5.41, 5.74) is 0.817. The van der Waals surface area contributed by atoms with Crippen LogP contribution < -0.4 is 10.1 Å². The molecule has 0 unspecified atom stereocenters. The summed E-state index contributed by atoms with van der Waals surface area (Å²) in [7, 11) is 1.63. The SMILES string of the molecule is COc1ccc(CN2CCN([C@@H](C)C(=O)Nc3ccc(F)c(F)c3F)CC2)cc1. The molecule has 1 saturated heterocycles. The Kier molecular flexibility index (Phi) is 6.76. The lowest BCUT2D eigenvalue weighted by Gasteiger charge is -2.37. The molecular formula is C21H24F3N3O2. The fourth-order valence-electron chi connectivity index (χ4n) is 3.32. The van der Waals surface area contributed by atoms with Crippen molar-refractivity contribution >= 4 is 11.6 Å². The Morgan fingerprint density at radius 2 is 1.69 bits per heavy atom. The van der Waals surface area contributed by atoms with E-state index in [1.54, 1.807) is 14.0 Å². The van der Waals surface area contributed by atoms with Crippen LogP contribution in [0.1, 0.15) is 12.5 Å². The highest BCUT2D eigenvalue weighted by molar-refractivity contribution is 5.94. The predicted octanol–water partition coefficient (Wildman–Crippen LogP) is 3.26.